The number of carboxylic acid groups (broad SMARTS) is 1. The highest BCUT2D eigenvalue weighted by Crippen LogP contribution is 2.40. The Bertz CT molecular complexity index is 499. The van der Waals surface area contributed by atoms with Gasteiger partial charge < -0.3 is 16.2 Å². The molecule has 0 spiro atoms. The van der Waals surface area contributed by atoms with Crippen LogP contribution in [0.1, 0.15) is 23.3 Å². The van der Waals surface area contributed by atoms with Gasteiger partial charge in [-0.1, -0.05) is 0 Å². The van der Waals surface area contributed by atoms with Crippen LogP contribution in [0.4, 0.5) is 10.7 Å². The molecule has 0 saturated heterocycles. The first-order valence-electron chi connectivity index (χ1n) is 6.07. The zero-order valence-corrected chi connectivity index (χ0v) is 12.0. The van der Waals surface area contributed by atoms with E-state index in [4.69, 9.17) is 10.8 Å². The van der Waals surface area contributed by atoms with Gasteiger partial charge in [-0.15, -0.1) is 23.1 Å². The van der Waals surface area contributed by atoms with Crippen LogP contribution in [-0.4, -0.2) is 28.5 Å². The number of nitrogens with two attached hydrogens (primary N) is 1. The molecule has 1 aromatic rings. The van der Waals surface area contributed by atoms with Gasteiger partial charge in [0.25, 0.3) is 0 Å². The second-order valence-electron chi connectivity index (χ2n) is 4.39. The van der Waals surface area contributed by atoms with Gasteiger partial charge in [-0.05, 0) is 31.2 Å². The molecule has 2 rings (SSSR count). The lowest BCUT2D eigenvalue weighted by Crippen LogP contribution is -2.15. The molecule has 5 nitrogen and oxygen atoms in total. The summed E-state index contributed by atoms with van der Waals surface area (Å²) in [5.41, 5.74) is 7.92. The average Bonchev–Trinajstić information content (AvgIpc) is 2.66. The first-order valence-corrected chi connectivity index (χ1v) is 8.04. The maximum Gasteiger partial charge on any atom is 0.313 e. The Balaban J connectivity index is 1.93. The fourth-order valence-electron chi connectivity index (χ4n) is 2.08. The van der Waals surface area contributed by atoms with Crippen molar-refractivity contribution in [3.8, 4) is 0 Å². The maximum atomic E-state index is 11.7. The monoisotopic (exact) mass is 300 g/mol. The van der Waals surface area contributed by atoms with E-state index in [1.807, 2.05) is 0 Å². The third kappa shape index (κ3) is 3.63. The second kappa shape index (κ2) is 6.29. The molecule has 0 aliphatic heterocycles. The van der Waals surface area contributed by atoms with E-state index in [1.165, 1.54) is 16.9 Å². The molecule has 1 heterocycles. The van der Waals surface area contributed by atoms with Crippen molar-refractivity contribution in [3.63, 3.8) is 0 Å². The van der Waals surface area contributed by atoms with Crippen molar-refractivity contribution >= 4 is 45.7 Å². The van der Waals surface area contributed by atoms with Gasteiger partial charge in [0.2, 0.25) is 5.91 Å². The highest BCUT2D eigenvalue weighted by atomic mass is 32.2. The van der Waals surface area contributed by atoms with Crippen molar-refractivity contribution in [3.05, 3.63) is 10.4 Å². The van der Waals surface area contributed by atoms with Gasteiger partial charge in [0.1, 0.15) is 5.00 Å². The van der Waals surface area contributed by atoms with Crippen molar-refractivity contribution in [2.45, 2.75) is 25.7 Å². The van der Waals surface area contributed by atoms with E-state index < -0.39 is 5.97 Å². The molecule has 0 atom stereocenters. The standard InChI is InChI=1S/C12H16N2O3S2/c13-11-7-3-1-2-4-8(7)19-12(11)14-9(15)5-18-6-10(16)17/h1-6,13H2,(H,14,15)(H,16,17). The van der Waals surface area contributed by atoms with Crippen molar-refractivity contribution in [2.24, 2.45) is 0 Å². The number of carbonyl (C=O) groups excluding carboxylic acids is 1. The van der Waals surface area contributed by atoms with Gasteiger partial charge in [-0.3, -0.25) is 9.59 Å². The smallest absolute Gasteiger partial charge is 0.313 e. The van der Waals surface area contributed by atoms with Gasteiger partial charge in [0.15, 0.2) is 0 Å². The number of aliphatic carboxylic acids is 1. The first kappa shape index (κ1) is 14.2. The van der Waals surface area contributed by atoms with Crippen LogP contribution in [0.2, 0.25) is 0 Å². The van der Waals surface area contributed by atoms with Gasteiger partial charge in [-0.25, -0.2) is 0 Å². The summed E-state index contributed by atoms with van der Waals surface area (Å²) in [6.07, 6.45) is 4.35. The number of amides is 1. The molecule has 0 radical (unpaired) electrons. The Labute approximate surface area is 119 Å². The van der Waals surface area contributed by atoms with Gasteiger partial charge in [-0.2, -0.15) is 0 Å². The predicted molar refractivity (Wildman–Crippen MR) is 79.0 cm³/mol. The molecule has 1 aliphatic carbocycles. The predicted octanol–water partition coefficient (Wildman–Crippen LogP) is 1.97. The molecule has 1 aliphatic rings. The molecule has 0 aromatic carbocycles. The number of fused-ring (bicyclic) bond motifs is 1. The lowest BCUT2D eigenvalue weighted by Gasteiger charge is -2.10. The third-order valence-corrected chi connectivity index (χ3v) is 5.06. The minimum Gasteiger partial charge on any atom is -0.481 e. The van der Waals surface area contributed by atoms with E-state index in [0.29, 0.717) is 10.7 Å². The van der Waals surface area contributed by atoms with Gasteiger partial charge in [0.05, 0.1) is 17.2 Å². The molecule has 0 saturated carbocycles. The van der Waals surface area contributed by atoms with Crippen molar-refractivity contribution < 1.29 is 14.7 Å². The summed E-state index contributed by atoms with van der Waals surface area (Å²) in [4.78, 5) is 23.3. The van der Waals surface area contributed by atoms with Crippen LogP contribution in [0.3, 0.4) is 0 Å². The van der Waals surface area contributed by atoms with Crippen LogP contribution in [0.5, 0.6) is 0 Å². The zero-order chi connectivity index (χ0) is 13.8. The molecule has 0 fully saturated rings. The van der Waals surface area contributed by atoms with Crippen LogP contribution >= 0.6 is 23.1 Å². The normalized spacial score (nSPS) is 13.9. The largest absolute Gasteiger partial charge is 0.481 e. The van der Waals surface area contributed by atoms with E-state index in [2.05, 4.69) is 5.32 Å². The Morgan fingerprint density at radius 2 is 2.05 bits per heavy atom. The molecule has 7 heteroatoms. The molecule has 104 valence electrons. The fourth-order valence-corrected chi connectivity index (χ4v) is 3.84. The Morgan fingerprint density at radius 1 is 1.32 bits per heavy atom. The summed E-state index contributed by atoms with van der Waals surface area (Å²) in [5, 5.41) is 12.0. The van der Waals surface area contributed by atoms with Crippen LogP contribution in [-0.2, 0) is 22.4 Å². The van der Waals surface area contributed by atoms with E-state index in [-0.39, 0.29) is 17.4 Å². The number of nitrogen functional groups attached to an aromatic ring is 1. The van der Waals surface area contributed by atoms with Crippen LogP contribution in [0.25, 0.3) is 0 Å². The van der Waals surface area contributed by atoms with Gasteiger partial charge in [0, 0.05) is 4.88 Å². The molecule has 1 aromatic heterocycles. The Morgan fingerprint density at radius 3 is 2.74 bits per heavy atom. The molecule has 1 amide bonds. The van der Waals surface area contributed by atoms with Crippen molar-refractivity contribution in [1.29, 1.82) is 0 Å². The lowest BCUT2D eigenvalue weighted by molar-refractivity contribution is -0.133. The Hall–Kier alpha value is -1.21. The number of thiophene rings is 1. The van der Waals surface area contributed by atoms with Crippen LogP contribution in [0, 0.1) is 0 Å². The molecule has 19 heavy (non-hydrogen) atoms. The number of hydrogen-bond acceptors (Lipinski definition) is 5. The zero-order valence-electron chi connectivity index (χ0n) is 10.4. The lowest BCUT2D eigenvalue weighted by atomic mass is 9.98. The average molecular weight is 300 g/mol. The summed E-state index contributed by atoms with van der Waals surface area (Å²) in [6.45, 7) is 0. The number of anilines is 2. The van der Waals surface area contributed by atoms with E-state index in [1.54, 1.807) is 11.3 Å². The molecular weight excluding hydrogens is 284 g/mol. The number of carboxylic acids is 1. The molecule has 0 unspecified atom stereocenters. The SMILES string of the molecule is Nc1c(NC(=O)CSCC(=O)O)sc2c1CCCC2. The second-order valence-corrected chi connectivity index (χ2v) is 6.48. The van der Waals surface area contributed by atoms with Gasteiger partial charge >= 0.3 is 5.97 Å². The molecular formula is C12H16N2O3S2. The first-order chi connectivity index (χ1) is 9.08. The summed E-state index contributed by atoms with van der Waals surface area (Å²) in [6, 6.07) is 0. The summed E-state index contributed by atoms with van der Waals surface area (Å²) < 4.78 is 0. The highest BCUT2D eigenvalue weighted by molar-refractivity contribution is 8.00. The van der Waals surface area contributed by atoms with Crippen molar-refractivity contribution in [2.75, 3.05) is 22.6 Å². The highest BCUT2D eigenvalue weighted by Gasteiger charge is 2.19. The minimum absolute atomic E-state index is 0.0656. The van der Waals surface area contributed by atoms with Crippen molar-refractivity contribution in [1.82, 2.24) is 0 Å². The number of nitrogens with one attached hydrogen (secondary N) is 1. The van der Waals surface area contributed by atoms with Crippen LogP contribution in [0.15, 0.2) is 0 Å². The number of rotatable bonds is 5. The van der Waals surface area contributed by atoms with E-state index >= 15 is 0 Å². The fraction of sp³-hybridized carbons (Fsp3) is 0.500. The van der Waals surface area contributed by atoms with E-state index in [9.17, 15) is 9.59 Å². The maximum absolute atomic E-state index is 11.7. The van der Waals surface area contributed by atoms with Crippen LogP contribution < -0.4 is 11.1 Å². The number of thioether (sulfide) groups is 1. The Kier molecular flexibility index (Phi) is 4.71. The van der Waals surface area contributed by atoms with E-state index in [0.717, 1.165) is 31.0 Å². The number of aryl methyl sites for hydroxylation is 1. The minimum atomic E-state index is -0.913. The summed E-state index contributed by atoms with van der Waals surface area (Å²) >= 11 is 2.63. The number of hydrogen-bond donors (Lipinski definition) is 3. The summed E-state index contributed by atoms with van der Waals surface area (Å²) in [5.74, 6) is -1.04. The summed E-state index contributed by atoms with van der Waals surface area (Å²) in [7, 11) is 0. The third-order valence-electron chi connectivity index (χ3n) is 2.92. The molecule has 0 bridgehead atoms. The topological polar surface area (TPSA) is 92.4 Å². The quantitative estimate of drug-likeness (QED) is 0.773. The molecule has 4 N–H and O–H groups in total. The number of carbonyl (C=O) groups is 2.